The normalized spacial score (nSPS) is 10.2. The van der Waals surface area contributed by atoms with Gasteiger partial charge in [0.2, 0.25) is 5.82 Å². The van der Waals surface area contributed by atoms with Crippen molar-refractivity contribution < 1.29 is 4.92 Å². The highest BCUT2D eigenvalue weighted by atomic mass is 35.5. The molecule has 7 nitrogen and oxygen atoms in total. The smallest absolute Gasteiger partial charge is 0.311 e. The molecular formula is C12H12ClN5O2. The van der Waals surface area contributed by atoms with Crippen molar-refractivity contribution in [2.45, 2.75) is 6.92 Å². The van der Waals surface area contributed by atoms with Gasteiger partial charge in [0.05, 0.1) is 4.92 Å². The Labute approximate surface area is 119 Å². The summed E-state index contributed by atoms with van der Waals surface area (Å²) in [5.41, 5.74) is 3.61. The lowest BCUT2D eigenvalue weighted by atomic mass is 10.2. The van der Waals surface area contributed by atoms with Gasteiger partial charge in [-0.2, -0.15) is 0 Å². The lowest BCUT2D eigenvalue weighted by Crippen LogP contribution is -2.10. The van der Waals surface area contributed by atoms with Crippen molar-refractivity contribution in [3.8, 4) is 0 Å². The van der Waals surface area contributed by atoms with Crippen LogP contribution in [0.5, 0.6) is 0 Å². The second-order valence-electron chi connectivity index (χ2n) is 4.00. The first-order chi connectivity index (χ1) is 9.52. The van der Waals surface area contributed by atoms with Gasteiger partial charge in [0, 0.05) is 16.8 Å². The molecule has 0 fully saturated rings. The molecule has 0 saturated heterocycles. The Morgan fingerprint density at radius 3 is 2.75 bits per heavy atom. The third kappa shape index (κ3) is 2.79. The number of hydrogen-bond donors (Lipinski definition) is 3. The van der Waals surface area contributed by atoms with E-state index in [4.69, 9.17) is 17.4 Å². The zero-order valence-electron chi connectivity index (χ0n) is 10.6. The predicted molar refractivity (Wildman–Crippen MR) is 78.2 cm³/mol. The molecule has 1 heterocycles. The van der Waals surface area contributed by atoms with Crippen molar-refractivity contribution in [3.05, 3.63) is 51.0 Å². The fraction of sp³-hybridized carbons (Fsp3) is 0.0833. The van der Waals surface area contributed by atoms with E-state index in [1.165, 1.54) is 12.1 Å². The molecular weight excluding hydrogens is 282 g/mol. The number of rotatable bonds is 4. The minimum Gasteiger partial charge on any atom is -0.334 e. The second kappa shape index (κ2) is 5.72. The third-order valence-electron chi connectivity index (χ3n) is 2.74. The maximum absolute atomic E-state index is 11.0. The lowest BCUT2D eigenvalue weighted by Gasteiger charge is -2.11. The zero-order chi connectivity index (χ0) is 14.7. The van der Waals surface area contributed by atoms with Crippen LogP contribution >= 0.6 is 11.6 Å². The lowest BCUT2D eigenvalue weighted by molar-refractivity contribution is -0.384. The quantitative estimate of drug-likeness (QED) is 0.454. The average molecular weight is 294 g/mol. The Kier molecular flexibility index (Phi) is 4.02. The van der Waals surface area contributed by atoms with Gasteiger partial charge in [-0.05, 0) is 30.7 Å². The average Bonchev–Trinajstić information content (AvgIpc) is 2.43. The number of hydrazine groups is 1. The van der Waals surface area contributed by atoms with Crippen LogP contribution in [0, 0.1) is 17.0 Å². The third-order valence-corrected chi connectivity index (χ3v) is 3.15. The van der Waals surface area contributed by atoms with E-state index in [1.807, 2.05) is 6.92 Å². The summed E-state index contributed by atoms with van der Waals surface area (Å²) in [5.74, 6) is 5.67. The molecule has 2 aromatic rings. The summed E-state index contributed by atoms with van der Waals surface area (Å²) in [6.45, 7) is 1.81. The van der Waals surface area contributed by atoms with E-state index >= 15 is 0 Å². The van der Waals surface area contributed by atoms with Gasteiger partial charge in [0.1, 0.15) is 5.82 Å². The molecule has 1 aromatic heterocycles. The van der Waals surface area contributed by atoms with E-state index in [0.717, 1.165) is 5.56 Å². The van der Waals surface area contributed by atoms with Crippen molar-refractivity contribution in [2.75, 3.05) is 10.7 Å². The molecule has 0 unspecified atom stereocenters. The van der Waals surface area contributed by atoms with Gasteiger partial charge in [0.15, 0.2) is 0 Å². The molecule has 20 heavy (non-hydrogen) atoms. The highest BCUT2D eigenvalue weighted by Crippen LogP contribution is 2.30. The molecule has 0 aliphatic heterocycles. The largest absolute Gasteiger partial charge is 0.334 e. The molecule has 0 bridgehead atoms. The van der Waals surface area contributed by atoms with Gasteiger partial charge in [-0.1, -0.05) is 17.7 Å². The molecule has 4 N–H and O–H groups in total. The minimum atomic E-state index is -0.518. The van der Waals surface area contributed by atoms with E-state index in [9.17, 15) is 10.1 Å². The number of benzene rings is 1. The van der Waals surface area contributed by atoms with Gasteiger partial charge < -0.3 is 10.7 Å². The number of nitrogens with two attached hydrogens (primary N) is 1. The van der Waals surface area contributed by atoms with Crippen LogP contribution < -0.4 is 16.6 Å². The van der Waals surface area contributed by atoms with Crippen molar-refractivity contribution in [3.63, 3.8) is 0 Å². The molecule has 0 saturated carbocycles. The Balaban J connectivity index is 2.46. The van der Waals surface area contributed by atoms with E-state index in [-0.39, 0.29) is 11.5 Å². The van der Waals surface area contributed by atoms with Gasteiger partial charge in [0.25, 0.3) is 0 Å². The number of nitrogens with zero attached hydrogens (tertiary/aromatic N) is 2. The van der Waals surface area contributed by atoms with Gasteiger partial charge in [-0.15, -0.1) is 0 Å². The first-order valence-corrected chi connectivity index (χ1v) is 6.05. The fourth-order valence-electron chi connectivity index (χ4n) is 1.64. The number of nitrogens with one attached hydrogen (secondary N) is 2. The summed E-state index contributed by atoms with van der Waals surface area (Å²) in [5, 5.41) is 14.5. The van der Waals surface area contributed by atoms with E-state index in [1.54, 1.807) is 18.2 Å². The van der Waals surface area contributed by atoms with Crippen molar-refractivity contribution >= 4 is 34.6 Å². The van der Waals surface area contributed by atoms with Crippen LogP contribution in [-0.4, -0.2) is 9.91 Å². The Hall–Kier alpha value is -2.38. The van der Waals surface area contributed by atoms with Crippen LogP contribution in [-0.2, 0) is 0 Å². The standard InChI is InChI=1S/C12H12ClN5O2/c1-7-8(13)3-2-4-9(7)15-12-10(18(19)20)5-6-11(16-12)17-14/h2-6H,14H2,1H3,(H2,15,16,17). The maximum atomic E-state index is 11.0. The van der Waals surface area contributed by atoms with Crippen LogP contribution in [0.25, 0.3) is 0 Å². The van der Waals surface area contributed by atoms with Crippen LogP contribution in [0.4, 0.5) is 23.0 Å². The number of halogens is 1. The topological polar surface area (TPSA) is 106 Å². The van der Waals surface area contributed by atoms with Gasteiger partial charge in [-0.25, -0.2) is 10.8 Å². The Morgan fingerprint density at radius 2 is 2.10 bits per heavy atom. The van der Waals surface area contributed by atoms with Crippen molar-refractivity contribution in [1.82, 2.24) is 4.98 Å². The second-order valence-corrected chi connectivity index (χ2v) is 4.41. The molecule has 0 aliphatic rings. The number of anilines is 3. The summed E-state index contributed by atoms with van der Waals surface area (Å²) in [7, 11) is 0. The number of nitro groups is 1. The molecule has 1 aromatic carbocycles. The highest BCUT2D eigenvalue weighted by molar-refractivity contribution is 6.31. The minimum absolute atomic E-state index is 0.0933. The van der Waals surface area contributed by atoms with Crippen molar-refractivity contribution in [2.24, 2.45) is 5.84 Å². The zero-order valence-corrected chi connectivity index (χ0v) is 11.3. The maximum Gasteiger partial charge on any atom is 0.311 e. The highest BCUT2D eigenvalue weighted by Gasteiger charge is 2.17. The van der Waals surface area contributed by atoms with E-state index < -0.39 is 4.92 Å². The predicted octanol–water partition coefficient (Wildman–Crippen LogP) is 2.98. The molecule has 8 heteroatoms. The van der Waals surface area contributed by atoms with E-state index in [2.05, 4.69) is 15.7 Å². The fourth-order valence-corrected chi connectivity index (χ4v) is 1.82. The molecule has 0 amide bonds. The number of aromatic nitrogens is 1. The Morgan fingerprint density at radius 1 is 1.35 bits per heavy atom. The van der Waals surface area contributed by atoms with Crippen LogP contribution in [0.15, 0.2) is 30.3 Å². The van der Waals surface area contributed by atoms with Gasteiger partial charge in [-0.3, -0.25) is 10.1 Å². The first kappa shape index (κ1) is 14.0. The van der Waals surface area contributed by atoms with E-state index in [0.29, 0.717) is 16.5 Å². The summed E-state index contributed by atoms with van der Waals surface area (Å²) in [6, 6.07) is 7.99. The SMILES string of the molecule is Cc1c(Cl)cccc1Nc1nc(NN)ccc1[N+](=O)[O-]. The number of nitrogen functional groups attached to an aromatic ring is 1. The van der Waals surface area contributed by atoms with Crippen molar-refractivity contribution in [1.29, 1.82) is 0 Å². The number of hydrogen-bond acceptors (Lipinski definition) is 6. The summed E-state index contributed by atoms with van der Waals surface area (Å²) < 4.78 is 0. The molecule has 0 spiro atoms. The van der Waals surface area contributed by atoms with Crippen LogP contribution in [0.1, 0.15) is 5.56 Å². The molecule has 0 radical (unpaired) electrons. The molecule has 0 atom stereocenters. The Bertz CT molecular complexity index is 662. The van der Waals surface area contributed by atoms with Crippen LogP contribution in [0.2, 0.25) is 5.02 Å². The molecule has 2 rings (SSSR count). The van der Waals surface area contributed by atoms with Crippen LogP contribution in [0.3, 0.4) is 0 Å². The van der Waals surface area contributed by atoms with Gasteiger partial charge >= 0.3 is 5.69 Å². The summed E-state index contributed by atoms with van der Waals surface area (Å²) in [4.78, 5) is 14.5. The molecule has 0 aliphatic carbocycles. The summed E-state index contributed by atoms with van der Waals surface area (Å²) >= 11 is 6.01. The molecule has 104 valence electrons. The summed E-state index contributed by atoms with van der Waals surface area (Å²) in [6.07, 6.45) is 0. The monoisotopic (exact) mass is 293 g/mol. The first-order valence-electron chi connectivity index (χ1n) is 5.67. The number of pyridine rings is 1.